The third-order valence-electron chi connectivity index (χ3n) is 3.87. The van der Waals surface area contributed by atoms with Crippen molar-refractivity contribution in [1.29, 1.82) is 0 Å². The van der Waals surface area contributed by atoms with Crippen LogP contribution in [0.2, 0.25) is 0 Å². The van der Waals surface area contributed by atoms with Crippen LogP contribution in [0.15, 0.2) is 0 Å². The Balaban J connectivity index is 1.90. The highest BCUT2D eigenvalue weighted by Gasteiger charge is 2.30. The molecule has 1 aliphatic carbocycles. The maximum atomic E-state index is 12.2. The van der Waals surface area contributed by atoms with Crippen LogP contribution in [0.25, 0.3) is 0 Å². The number of Topliss-reactive ketones (excluding diaryl/α,β-unsaturated/α-hetero) is 1. The molecule has 0 aromatic heterocycles. The van der Waals surface area contributed by atoms with Gasteiger partial charge in [-0.2, -0.15) is 0 Å². The van der Waals surface area contributed by atoms with Crippen LogP contribution in [-0.4, -0.2) is 60.5 Å². The Bertz CT molecular complexity index is 326. The molecule has 2 fully saturated rings. The first-order valence-electron chi connectivity index (χ1n) is 6.79. The minimum Gasteiger partial charge on any atom is -0.315 e. The van der Waals surface area contributed by atoms with Crippen molar-refractivity contribution in [2.24, 2.45) is 5.92 Å². The van der Waals surface area contributed by atoms with Crippen LogP contribution in [0.4, 0.5) is 4.79 Å². The van der Waals surface area contributed by atoms with Gasteiger partial charge in [-0.3, -0.25) is 9.69 Å². The SMILES string of the molecule is CN1CN(C)C(=O)N(CC(=O)C2CCCCC2)C1. The van der Waals surface area contributed by atoms with E-state index in [-0.39, 0.29) is 24.3 Å². The second-order valence-corrected chi connectivity index (χ2v) is 5.62. The first-order chi connectivity index (χ1) is 8.58. The Labute approximate surface area is 109 Å². The summed E-state index contributed by atoms with van der Waals surface area (Å²) in [6, 6.07) is -0.0303. The summed E-state index contributed by atoms with van der Waals surface area (Å²) in [6.07, 6.45) is 5.57. The van der Waals surface area contributed by atoms with E-state index < -0.39 is 0 Å². The third kappa shape index (κ3) is 3.02. The molecule has 1 heterocycles. The Morgan fingerprint density at radius 2 is 1.83 bits per heavy atom. The summed E-state index contributed by atoms with van der Waals surface area (Å²) in [5, 5.41) is 0. The lowest BCUT2D eigenvalue weighted by Crippen LogP contribution is -2.56. The summed E-state index contributed by atoms with van der Waals surface area (Å²) in [5.74, 6) is 0.427. The maximum absolute atomic E-state index is 12.2. The number of urea groups is 1. The average molecular weight is 253 g/mol. The van der Waals surface area contributed by atoms with Crippen molar-refractivity contribution in [3.05, 3.63) is 0 Å². The molecule has 18 heavy (non-hydrogen) atoms. The molecule has 2 rings (SSSR count). The topological polar surface area (TPSA) is 43.9 Å². The molecule has 2 aliphatic rings. The average Bonchev–Trinajstić information content (AvgIpc) is 2.36. The zero-order valence-corrected chi connectivity index (χ0v) is 11.4. The first-order valence-corrected chi connectivity index (χ1v) is 6.79. The summed E-state index contributed by atoms with van der Waals surface area (Å²) in [7, 11) is 3.73. The molecule has 0 radical (unpaired) electrons. The Hall–Kier alpha value is -1.10. The highest BCUT2D eigenvalue weighted by atomic mass is 16.2. The standard InChI is InChI=1S/C13H23N3O2/c1-14-9-15(2)13(18)16(10-14)8-12(17)11-6-4-3-5-7-11/h11H,3-10H2,1-2H3. The number of ketones is 1. The molecule has 0 unspecified atom stereocenters. The summed E-state index contributed by atoms with van der Waals surface area (Å²) >= 11 is 0. The van der Waals surface area contributed by atoms with E-state index in [0.717, 1.165) is 25.7 Å². The molecule has 102 valence electrons. The van der Waals surface area contributed by atoms with Crippen LogP contribution in [0.3, 0.4) is 0 Å². The van der Waals surface area contributed by atoms with Gasteiger partial charge in [-0.05, 0) is 19.9 Å². The molecule has 0 bridgehead atoms. The minimum atomic E-state index is -0.0303. The second kappa shape index (κ2) is 5.69. The molecule has 0 aromatic rings. The normalized spacial score (nSPS) is 23.6. The van der Waals surface area contributed by atoms with Gasteiger partial charge in [0.25, 0.3) is 0 Å². The molecule has 0 spiro atoms. The van der Waals surface area contributed by atoms with Gasteiger partial charge in [-0.15, -0.1) is 0 Å². The van der Waals surface area contributed by atoms with Crippen LogP contribution in [0.5, 0.6) is 0 Å². The third-order valence-corrected chi connectivity index (χ3v) is 3.87. The van der Waals surface area contributed by atoms with Crippen LogP contribution < -0.4 is 0 Å². The van der Waals surface area contributed by atoms with Crippen LogP contribution in [0, 0.1) is 5.92 Å². The van der Waals surface area contributed by atoms with E-state index in [9.17, 15) is 9.59 Å². The van der Waals surface area contributed by atoms with E-state index in [2.05, 4.69) is 0 Å². The van der Waals surface area contributed by atoms with Gasteiger partial charge < -0.3 is 9.80 Å². The van der Waals surface area contributed by atoms with E-state index in [4.69, 9.17) is 0 Å². The Morgan fingerprint density at radius 1 is 1.17 bits per heavy atom. The number of rotatable bonds is 3. The van der Waals surface area contributed by atoms with Crippen molar-refractivity contribution in [3.8, 4) is 0 Å². The van der Waals surface area contributed by atoms with Crippen molar-refractivity contribution in [1.82, 2.24) is 14.7 Å². The fourth-order valence-electron chi connectivity index (χ4n) is 2.92. The molecule has 0 N–H and O–H groups in total. The van der Waals surface area contributed by atoms with Gasteiger partial charge in [0.2, 0.25) is 0 Å². The van der Waals surface area contributed by atoms with Gasteiger partial charge in [0.1, 0.15) is 0 Å². The summed E-state index contributed by atoms with van der Waals surface area (Å²) in [4.78, 5) is 29.5. The Morgan fingerprint density at radius 3 is 2.50 bits per heavy atom. The maximum Gasteiger partial charge on any atom is 0.322 e. The number of hydrogen-bond donors (Lipinski definition) is 0. The summed E-state index contributed by atoms with van der Waals surface area (Å²) in [5.41, 5.74) is 0. The van der Waals surface area contributed by atoms with E-state index in [1.165, 1.54) is 6.42 Å². The molecule has 5 nitrogen and oxygen atoms in total. The van der Waals surface area contributed by atoms with Crippen molar-refractivity contribution in [2.45, 2.75) is 32.1 Å². The van der Waals surface area contributed by atoms with Crippen molar-refractivity contribution in [2.75, 3.05) is 34.0 Å². The van der Waals surface area contributed by atoms with Crippen molar-refractivity contribution < 1.29 is 9.59 Å². The van der Waals surface area contributed by atoms with Gasteiger partial charge in [-0.25, -0.2) is 4.79 Å². The quantitative estimate of drug-likeness (QED) is 0.762. The molecule has 1 aliphatic heterocycles. The summed E-state index contributed by atoms with van der Waals surface area (Å²) in [6.45, 7) is 1.47. The number of hydrogen-bond acceptors (Lipinski definition) is 3. The lowest BCUT2D eigenvalue weighted by molar-refractivity contribution is -0.125. The lowest BCUT2D eigenvalue weighted by Gasteiger charge is -2.39. The van der Waals surface area contributed by atoms with E-state index in [0.29, 0.717) is 13.3 Å². The zero-order chi connectivity index (χ0) is 13.1. The molecule has 0 atom stereocenters. The predicted molar refractivity (Wildman–Crippen MR) is 68.9 cm³/mol. The zero-order valence-electron chi connectivity index (χ0n) is 11.4. The minimum absolute atomic E-state index is 0.0303. The van der Waals surface area contributed by atoms with Crippen LogP contribution in [-0.2, 0) is 4.79 Å². The molecule has 5 heteroatoms. The van der Waals surface area contributed by atoms with Gasteiger partial charge >= 0.3 is 6.03 Å². The lowest BCUT2D eigenvalue weighted by atomic mass is 9.86. The Kier molecular flexibility index (Phi) is 4.22. The first kappa shape index (κ1) is 13.3. The number of carbonyl (C=O) groups excluding carboxylic acids is 2. The van der Waals surface area contributed by atoms with E-state index >= 15 is 0 Å². The van der Waals surface area contributed by atoms with Crippen LogP contribution in [0.1, 0.15) is 32.1 Å². The van der Waals surface area contributed by atoms with E-state index in [1.807, 2.05) is 11.9 Å². The monoisotopic (exact) mass is 253 g/mol. The smallest absolute Gasteiger partial charge is 0.315 e. The molecular weight excluding hydrogens is 230 g/mol. The van der Waals surface area contributed by atoms with Gasteiger partial charge in [0, 0.05) is 13.0 Å². The number of amides is 2. The van der Waals surface area contributed by atoms with Crippen molar-refractivity contribution >= 4 is 11.8 Å². The second-order valence-electron chi connectivity index (χ2n) is 5.62. The molecule has 1 saturated heterocycles. The van der Waals surface area contributed by atoms with Gasteiger partial charge in [-0.1, -0.05) is 19.3 Å². The highest BCUT2D eigenvalue weighted by Crippen LogP contribution is 2.24. The van der Waals surface area contributed by atoms with Gasteiger partial charge in [0.15, 0.2) is 5.78 Å². The predicted octanol–water partition coefficient (Wildman–Crippen LogP) is 1.35. The molecular formula is C13H23N3O2. The van der Waals surface area contributed by atoms with Crippen molar-refractivity contribution in [3.63, 3.8) is 0 Å². The summed E-state index contributed by atoms with van der Waals surface area (Å²) < 4.78 is 0. The fourth-order valence-corrected chi connectivity index (χ4v) is 2.92. The largest absolute Gasteiger partial charge is 0.322 e. The van der Waals surface area contributed by atoms with E-state index in [1.54, 1.807) is 16.8 Å². The highest BCUT2D eigenvalue weighted by molar-refractivity contribution is 5.87. The molecule has 1 saturated carbocycles. The van der Waals surface area contributed by atoms with Crippen LogP contribution >= 0.6 is 0 Å². The molecule has 2 amide bonds. The number of carbonyl (C=O) groups is 2. The fraction of sp³-hybridized carbons (Fsp3) is 0.846. The van der Waals surface area contributed by atoms with Gasteiger partial charge in [0.05, 0.1) is 19.9 Å². The molecule has 0 aromatic carbocycles. The number of nitrogens with zero attached hydrogens (tertiary/aromatic N) is 3.